The summed E-state index contributed by atoms with van der Waals surface area (Å²) in [6.45, 7) is -0.300. The normalized spacial score (nSPS) is 12.4. The summed E-state index contributed by atoms with van der Waals surface area (Å²) in [6, 6.07) is 9.63. The second-order valence-corrected chi connectivity index (χ2v) is 6.42. The zero-order chi connectivity index (χ0) is 18.9. The Morgan fingerprint density at radius 1 is 1.12 bits per heavy atom. The molecular weight excluding hydrogens is 388 g/mol. The van der Waals surface area contributed by atoms with Gasteiger partial charge in [-0.3, -0.25) is 0 Å². The van der Waals surface area contributed by atoms with Crippen molar-refractivity contribution in [2.24, 2.45) is 0 Å². The highest BCUT2D eigenvalue weighted by Crippen LogP contribution is 2.33. The lowest BCUT2D eigenvalue weighted by molar-refractivity contribution is -0.209. The molecule has 0 aliphatic heterocycles. The molecule has 1 aromatic heterocycles. The first-order valence-corrected chi connectivity index (χ1v) is 8.36. The van der Waals surface area contributed by atoms with Gasteiger partial charge < -0.3 is 5.11 Å². The molecule has 0 saturated carbocycles. The molecule has 0 aliphatic rings. The number of aromatic nitrogens is 2. The lowest BCUT2D eigenvalue weighted by Crippen LogP contribution is -2.18. The molecule has 2 aromatic carbocycles. The monoisotopic (exact) mass is 400 g/mol. The minimum absolute atomic E-state index is 0.0341. The molecule has 0 bridgehead atoms. The van der Waals surface area contributed by atoms with Crippen molar-refractivity contribution in [1.29, 1.82) is 0 Å². The topological polar surface area (TPSA) is 38.1 Å². The highest BCUT2D eigenvalue weighted by Gasteiger charge is 2.34. The number of halogens is 5. The Balaban J connectivity index is 2.19. The fourth-order valence-corrected chi connectivity index (χ4v) is 3.24. The van der Waals surface area contributed by atoms with Crippen molar-refractivity contribution in [3.63, 3.8) is 0 Å². The SMILES string of the molecule is OC/C=C/c1nn(C(F)(F)F)c2cccc(Cc3ccc(Cl)cc3Cl)c12. The number of nitrogens with zero attached hydrogens (tertiary/aromatic N) is 2. The van der Waals surface area contributed by atoms with Crippen molar-refractivity contribution in [2.75, 3.05) is 6.61 Å². The highest BCUT2D eigenvalue weighted by molar-refractivity contribution is 6.35. The van der Waals surface area contributed by atoms with Gasteiger partial charge in [0.1, 0.15) is 0 Å². The van der Waals surface area contributed by atoms with Crippen LogP contribution < -0.4 is 0 Å². The van der Waals surface area contributed by atoms with E-state index in [1.54, 1.807) is 30.3 Å². The van der Waals surface area contributed by atoms with Crippen LogP contribution >= 0.6 is 23.2 Å². The van der Waals surface area contributed by atoms with Crippen LogP contribution in [-0.4, -0.2) is 21.5 Å². The maximum Gasteiger partial charge on any atom is 0.505 e. The first-order chi connectivity index (χ1) is 12.3. The van der Waals surface area contributed by atoms with Crippen LogP contribution in [0.5, 0.6) is 0 Å². The number of aliphatic hydroxyl groups excluding tert-OH is 1. The number of aliphatic hydroxyl groups is 1. The number of benzene rings is 2. The molecule has 0 atom stereocenters. The van der Waals surface area contributed by atoms with E-state index >= 15 is 0 Å². The molecule has 0 fully saturated rings. The summed E-state index contributed by atoms with van der Waals surface area (Å²) in [5.41, 5.74) is 1.45. The molecule has 8 heteroatoms. The predicted octanol–water partition coefficient (Wildman–Crippen LogP) is 5.42. The fourth-order valence-electron chi connectivity index (χ4n) is 2.76. The molecular formula is C18H13Cl2F3N2O. The molecule has 3 aromatic rings. The van der Waals surface area contributed by atoms with E-state index < -0.39 is 6.30 Å². The first kappa shape index (κ1) is 18.8. The highest BCUT2D eigenvalue weighted by atomic mass is 35.5. The molecule has 136 valence electrons. The summed E-state index contributed by atoms with van der Waals surface area (Å²) in [5.74, 6) is 0. The lowest BCUT2D eigenvalue weighted by atomic mass is 10.00. The van der Waals surface area contributed by atoms with Crippen LogP contribution in [0.1, 0.15) is 16.8 Å². The predicted molar refractivity (Wildman–Crippen MR) is 96.4 cm³/mol. The minimum Gasteiger partial charge on any atom is -0.392 e. The largest absolute Gasteiger partial charge is 0.505 e. The Kier molecular flexibility index (Phi) is 5.27. The van der Waals surface area contributed by atoms with Crippen LogP contribution in [0.25, 0.3) is 17.0 Å². The summed E-state index contributed by atoms with van der Waals surface area (Å²) < 4.78 is 40.0. The van der Waals surface area contributed by atoms with Crippen LogP contribution in [0.4, 0.5) is 13.2 Å². The molecule has 0 unspecified atom stereocenters. The maximum atomic E-state index is 13.3. The Bertz CT molecular complexity index is 980. The quantitative estimate of drug-likeness (QED) is 0.635. The van der Waals surface area contributed by atoms with Crippen molar-refractivity contribution in [2.45, 2.75) is 12.7 Å². The smallest absolute Gasteiger partial charge is 0.392 e. The summed E-state index contributed by atoms with van der Waals surface area (Å²) in [5, 5.41) is 13.9. The summed E-state index contributed by atoms with van der Waals surface area (Å²) in [4.78, 5) is 0. The first-order valence-electron chi connectivity index (χ1n) is 7.60. The van der Waals surface area contributed by atoms with Gasteiger partial charge in [0.15, 0.2) is 0 Å². The van der Waals surface area contributed by atoms with Gasteiger partial charge in [0.2, 0.25) is 0 Å². The van der Waals surface area contributed by atoms with E-state index in [4.69, 9.17) is 28.3 Å². The molecule has 3 nitrogen and oxygen atoms in total. The molecule has 0 spiro atoms. The number of hydrogen-bond donors (Lipinski definition) is 1. The maximum absolute atomic E-state index is 13.3. The van der Waals surface area contributed by atoms with Crippen LogP contribution in [0.15, 0.2) is 42.5 Å². The third-order valence-electron chi connectivity index (χ3n) is 3.84. The Hall–Kier alpha value is -2.02. The van der Waals surface area contributed by atoms with Gasteiger partial charge in [-0.2, -0.15) is 9.78 Å². The van der Waals surface area contributed by atoms with Crippen LogP contribution in [0.3, 0.4) is 0 Å². The fraction of sp³-hybridized carbons (Fsp3) is 0.167. The van der Waals surface area contributed by atoms with Gasteiger partial charge in [-0.1, -0.05) is 47.5 Å². The van der Waals surface area contributed by atoms with Crippen LogP contribution in [-0.2, 0) is 12.7 Å². The van der Waals surface area contributed by atoms with E-state index in [1.165, 1.54) is 18.2 Å². The van der Waals surface area contributed by atoms with E-state index in [2.05, 4.69) is 5.10 Å². The third-order valence-corrected chi connectivity index (χ3v) is 4.43. The van der Waals surface area contributed by atoms with Crippen molar-refractivity contribution < 1.29 is 18.3 Å². The van der Waals surface area contributed by atoms with E-state index in [-0.39, 0.29) is 22.5 Å². The van der Waals surface area contributed by atoms with Gasteiger partial charge >= 0.3 is 6.30 Å². The average Bonchev–Trinajstić information content (AvgIpc) is 2.95. The van der Waals surface area contributed by atoms with Crippen molar-refractivity contribution >= 4 is 40.2 Å². The molecule has 0 radical (unpaired) electrons. The number of fused-ring (bicyclic) bond motifs is 1. The van der Waals surface area contributed by atoms with Crippen molar-refractivity contribution in [1.82, 2.24) is 9.78 Å². The van der Waals surface area contributed by atoms with Crippen LogP contribution in [0.2, 0.25) is 10.0 Å². The molecule has 26 heavy (non-hydrogen) atoms. The molecule has 0 aliphatic carbocycles. The van der Waals surface area contributed by atoms with Gasteiger partial charge in [-0.05, 0) is 41.8 Å². The van der Waals surface area contributed by atoms with Gasteiger partial charge in [-0.15, -0.1) is 13.2 Å². The number of alkyl halides is 3. The van der Waals surface area contributed by atoms with Crippen molar-refractivity contribution in [3.05, 3.63) is 69.3 Å². The molecule has 3 rings (SSSR count). The summed E-state index contributed by atoms with van der Waals surface area (Å²) in [6.07, 6.45) is -1.62. The van der Waals surface area contributed by atoms with E-state index in [0.717, 1.165) is 5.56 Å². The molecule has 0 saturated heterocycles. The van der Waals surface area contributed by atoms with Gasteiger partial charge in [-0.25, -0.2) is 0 Å². The molecule has 0 amide bonds. The van der Waals surface area contributed by atoms with Gasteiger partial charge in [0.25, 0.3) is 0 Å². The second kappa shape index (κ2) is 7.31. The van der Waals surface area contributed by atoms with Crippen molar-refractivity contribution in [3.8, 4) is 0 Å². The Labute approximate surface area is 157 Å². The Morgan fingerprint density at radius 3 is 2.54 bits per heavy atom. The van der Waals surface area contributed by atoms with E-state index in [0.29, 0.717) is 27.4 Å². The van der Waals surface area contributed by atoms with Gasteiger partial charge in [0, 0.05) is 15.4 Å². The molecule has 1 N–H and O–H groups in total. The summed E-state index contributed by atoms with van der Waals surface area (Å²) in [7, 11) is 0. The Morgan fingerprint density at radius 2 is 1.88 bits per heavy atom. The molecule has 1 heterocycles. The van der Waals surface area contributed by atoms with E-state index in [1.807, 2.05) is 0 Å². The zero-order valence-corrected chi connectivity index (χ0v) is 14.8. The second-order valence-electron chi connectivity index (χ2n) is 5.57. The zero-order valence-electron chi connectivity index (χ0n) is 13.3. The number of rotatable bonds is 4. The standard InChI is InChI=1S/C18H13Cl2F3N2O/c19-13-7-6-11(14(20)10-13)9-12-3-1-5-16-17(12)15(4-2-8-26)24-25(16)18(21,22)23/h1-7,10,26H,8-9H2/b4-2+. The van der Waals surface area contributed by atoms with Gasteiger partial charge in [0.05, 0.1) is 17.8 Å². The summed E-state index contributed by atoms with van der Waals surface area (Å²) >= 11 is 12.1. The van der Waals surface area contributed by atoms with Crippen LogP contribution in [0, 0.1) is 0 Å². The lowest BCUT2D eigenvalue weighted by Gasteiger charge is -2.09. The number of hydrogen-bond acceptors (Lipinski definition) is 2. The van der Waals surface area contributed by atoms with E-state index in [9.17, 15) is 13.2 Å². The third kappa shape index (κ3) is 3.72. The minimum atomic E-state index is -4.65. The average molecular weight is 401 g/mol.